The number of aliphatic hydroxyl groups is 1. The van der Waals surface area contributed by atoms with Crippen LogP contribution < -0.4 is 0 Å². The molecule has 0 atom stereocenters. The van der Waals surface area contributed by atoms with Crippen molar-refractivity contribution in [3.8, 4) is 0 Å². The molecule has 0 spiro atoms. The van der Waals surface area contributed by atoms with Crippen molar-refractivity contribution in [2.75, 3.05) is 6.61 Å². The van der Waals surface area contributed by atoms with Crippen molar-refractivity contribution in [3.05, 3.63) is 17.0 Å². The second-order valence-corrected chi connectivity index (χ2v) is 5.59. The lowest BCUT2D eigenvalue weighted by Crippen LogP contribution is -2.32. The van der Waals surface area contributed by atoms with E-state index < -0.39 is 0 Å². The fraction of sp³-hybridized carbons (Fsp3) is 0.786. The molecule has 0 aliphatic heterocycles. The van der Waals surface area contributed by atoms with Crippen LogP contribution in [-0.2, 0) is 13.1 Å². The van der Waals surface area contributed by atoms with E-state index >= 15 is 0 Å². The molecule has 102 valence electrons. The van der Waals surface area contributed by atoms with Gasteiger partial charge >= 0.3 is 0 Å². The van der Waals surface area contributed by atoms with Gasteiger partial charge in [-0.05, 0) is 40.5 Å². The van der Waals surface area contributed by atoms with Crippen LogP contribution in [0.1, 0.15) is 43.6 Å². The van der Waals surface area contributed by atoms with Crippen LogP contribution in [0, 0.1) is 13.8 Å². The van der Waals surface area contributed by atoms with Crippen molar-refractivity contribution in [2.45, 2.75) is 65.7 Å². The zero-order valence-corrected chi connectivity index (χ0v) is 12.0. The lowest BCUT2D eigenvalue weighted by atomic mass is 10.1. The number of aryl methyl sites for hydroxylation is 1. The highest BCUT2D eigenvalue weighted by molar-refractivity contribution is 5.24. The maximum Gasteiger partial charge on any atom is 0.0644 e. The standard InChI is InChI=1S/C14H25N3O/c1-10(2)16(13-5-6-13)9-14-11(3)15-17(7-8-18)12(14)4/h10,13,18H,5-9H2,1-4H3. The third kappa shape index (κ3) is 2.75. The van der Waals surface area contributed by atoms with Gasteiger partial charge in [0.1, 0.15) is 0 Å². The Hall–Kier alpha value is -0.870. The minimum Gasteiger partial charge on any atom is -0.394 e. The summed E-state index contributed by atoms with van der Waals surface area (Å²) in [5, 5.41) is 13.6. The van der Waals surface area contributed by atoms with Gasteiger partial charge in [0.25, 0.3) is 0 Å². The van der Waals surface area contributed by atoms with Crippen LogP contribution in [0.2, 0.25) is 0 Å². The Bertz CT molecular complexity index is 405. The van der Waals surface area contributed by atoms with E-state index in [1.165, 1.54) is 24.1 Å². The monoisotopic (exact) mass is 251 g/mol. The van der Waals surface area contributed by atoms with E-state index in [4.69, 9.17) is 5.11 Å². The van der Waals surface area contributed by atoms with E-state index in [1.54, 1.807) is 0 Å². The summed E-state index contributed by atoms with van der Waals surface area (Å²) in [6, 6.07) is 1.35. The van der Waals surface area contributed by atoms with Gasteiger partial charge in [-0.3, -0.25) is 9.58 Å². The van der Waals surface area contributed by atoms with Crippen LogP contribution in [0.5, 0.6) is 0 Å². The first-order chi connectivity index (χ1) is 8.54. The lowest BCUT2D eigenvalue weighted by Gasteiger charge is -2.26. The highest BCUT2D eigenvalue weighted by Gasteiger charge is 2.31. The average molecular weight is 251 g/mol. The van der Waals surface area contributed by atoms with Crippen molar-refractivity contribution in [3.63, 3.8) is 0 Å². The molecule has 4 nitrogen and oxygen atoms in total. The molecule has 1 saturated carbocycles. The maximum atomic E-state index is 9.04. The molecule has 1 aromatic heterocycles. The molecular weight excluding hydrogens is 226 g/mol. The summed E-state index contributed by atoms with van der Waals surface area (Å²) in [6.45, 7) is 10.4. The smallest absolute Gasteiger partial charge is 0.0644 e. The first kappa shape index (κ1) is 13.6. The molecular formula is C14H25N3O. The van der Waals surface area contributed by atoms with Gasteiger partial charge in [0.05, 0.1) is 18.8 Å². The Labute approximate surface area is 110 Å². The summed E-state index contributed by atoms with van der Waals surface area (Å²) < 4.78 is 1.93. The van der Waals surface area contributed by atoms with Gasteiger partial charge in [-0.2, -0.15) is 5.10 Å². The molecule has 0 bridgehead atoms. The molecule has 2 rings (SSSR count). The topological polar surface area (TPSA) is 41.3 Å². The van der Waals surface area contributed by atoms with Crippen LogP contribution in [0.15, 0.2) is 0 Å². The van der Waals surface area contributed by atoms with Crippen LogP contribution >= 0.6 is 0 Å². The van der Waals surface area contributed by atoms with Gasteiger partial charge in [-0.25, -0.2) is 0 Å². The second kappa shape index (κ2) is 5.41. The Morgan fingerprint density at radius 2 is 2.06 bits per heavy atom. The molecule has 1 aliphatic carbocycles. The predicted molar refractivity (Wildman–Crippen MR) is 72.5 cm³/mol. The molecule has 18 heavy (non-hydrogen) atoms. The summed E-state index contributed by atoms with van der Waals surface area (Å²) in [4.78, 5) is 2.57. The molecule has 0 saturated heterocycles. The van der Waals surface area contributed by atoms with Gasteiger partial charge in [0.15, 0.2) is 0 Å². The van der Waals surface area contributed by atoms with E-state index in [9.17, 15) is 0 Å². The van der Waals surface area contributed by atoms with Crippen molar-refractivity contribution >= 4 is 0 Å². The van der Waals surface area contributed by atoms with Gasteiger partial charge in [0.2, 0.25) is 0 Å². The number of hydrogen-bond acceptors (Lipinski definition) is 3. The quantitative estimate of drug-likeness (QED) is 0.839. The van der Waals surface area contributed by atoms with Crippen molar-refractivity contribution in [1.29, 1.82) is 0 Å². The van der Waals surface area contributed by atoms with Gasteiger partial charge in [-0.1, -0.05) is 0 Å². The summed E-state index contributed by atoms with van der Waals surface area (Å²) in [5.74, 6) is 0. The third-order valence-electron chi connectivity index (χ3n) is 3.86. The zero-order valence-electron chi connectivity index (χ0n) is 12.0. The highest BCUT2D eigenvalue weighted by atomic mass is 16.3. The van der Waals surface area contributed by atoms with E-state index in [-0.39, 0.29) is 6.61 Å². The minimum atomic E-state index is 0.151. The fourth-order valence-electron chi connectivity index (χ4n) is 2.60. The molecule has 1 fully saturated rings. The number of nitrogens with zero attached hydrogens (tertiary/aromatic N) is 3. The molecule has 1 N–H and O–H groups in total. The second-order valence-electron chi connectivity index (χ2n) is 5.59. The molecule has 1 aromatic rings. The van der Waals surface area contributed by atoms with E-state index in [0.29, 0.717) is 12.6 Å². The SMILES string of the molecule is Cc1nn(CCO)c(C)c1CN(C(C)C)C1CC1. The molecule has 0 aromatic carbocycles. The van der Waals surface area contributed by atoms with Crippen molar-refractivity contribution < 1.29 is 5.11 Å². The Balaban J connectivity index is 2.16. The van der Waals surface area contributed by atoms with Gasteiger partial charge in [0, 0.05) is 29.9 Å². The highest BCUT2D eigenvalue weighted by Crippen LogP contribution is 2.31. The first-order valence-corrected chi connectivity index (χ1v) is 6.94. The molecule has 1 aliphatic rings. The third-order valence-corrected chi connectivity index (χ3v) is 3.86. The average Bonchev–Trinajstić information content (AvgIpc) is 3.08. The van der Waals surface area contributed by atoms with E-state index in [1.807, 2.05) is 4.68 Å². The van der Waals surface area contributed by atoms with Crippen molar-refractivity contribution in [1.82, 2.24) is 14.7 Å². The Morgan fingerprint density at radius 3 is 2.56 bits per heavy atom. The predicted octanol–water partition coefficient (Wildman–Crippen LogP) is 1.87. The zero-order chi connectivity index (χ0) is 13.3. The maximum absolute atomic E-state index is 9.04. The largest absolute Gasteiger partial charge is 0.394 e. The van der Waals surface area contributed by atoms with Crippen LogP contribution in [0.3, 0.4) is 0 Å². The molecule has 0 radical (unpaired) electrons. The van der Waals surface area contributed by atoms with Crippen LogP contribution in [-0.4, -0.2) is 38.5 Å². The summed E-state index contributed by atoms with van der Waals surface area (Å²) >= 11 is 0. The summed E-state index contributed by atoms with van der Waals surface area (Å²) in [6.07, 6.45) is 2.67. The fourth-order valence-corrected chi connectivity index (χ4v) is 2.60. The molecule has 1 heterocycles. The minimum absolute atomic E-state index is 0.151. The molecule has 0 amide bonds. The van der Waals surface area contributed by atoms with Crippen LogP contribution in [0.25, 0.3) is 0 Å². The first-order valence-electron chi connectivity index (χ1n) is 6.94. The molecule has 4 heteroatoms. The molecule has 0 unspecified atom stereocenters. The summed E-state index contributed by atoms with van der Waals surface area (Å²) in [7, 11) is 0. The Morgan fingerprint density at radius 1 is 1.39 bits per heavy atom. The van der Waals surface area contributed by atoms with Gasteiger partial charge < -0.3 is 5.11 Å². The normalized spacial score (nSPS) is 15.9. The summed E-state index contributed by atoms with van der Waals surface area (Å²) in [5.41, 5.74) is 3.64. The van der Waals surface area contributed by atoms with Crippen LogP contribution in [0.4, 0.5) is 0 Å². The number of aliphatic hydroxyl groups excluding tert-OH is 1. The van der Waals surface area contributed by atoms with E-state index in [0.717, 1.165) is 18.3 Å². The van der Waals surface area contributed by atoms with Gasteiger partial charge in [-0.15, -0.1) is 0 Å². The number of aromatic nitrogens is 2. The van der Waals surface area contributed by atoms with Crippen molar-refractivity contribution in [2.24, 2.45) is 0 Å². The lowest BCUT2D eigenvalue weighted by molar-refractivity contribution is 0.201. The Kier molecular flexibility index (Phi) is 4.07. The number of hydrogen-bond donors (Lipinski definition) is 1. The number of rotatable bonds is 6. The van der Waals surface area contributed by atoms with E-state index in [2.05, 4.69) is 37.7 Å².